The monoisotopic (exact) mass is 132 g/mol. The standard InChI is InChI=1S/C9H8O/c1-2-8-3-5-9(6-4-8)10-7-1/h1-6H,7H2. The predicted molar refractivity (Wildman–Crippen MR) is 41.0 cm³/mol. The maximum absolute atomic E-state index is 5.31. The molecule has 1 aromatic carbocycles. The summed E-state index contributed by atoms with van der Waals surface area (Å²) in [6.07, 6.45) is 4.07. The molecule has 3 rings (SSSR count). The third-order valence-corrected chi connectivity index (χ3v) is 1.54. The third-order valence-electron chi connectivity index (χ3n) is 1.54. The highest BCUT2D eigenvalue weighted by Crippen LogP contribution is 2.15. The Labute approximate surface area is 59.9 Å². The van der Waals surface area contributed by atoms with Crippen molar-refractivity contribution >= 4 is 6.08 Å². The average molecular weight is 132 g/mol. The maximum Gasteiger partial charge on any atom is 0.119 e. The molecule has 0 amide bonds. The van der Waals surface area contributed by atoms with Crippen molar-refractivity contribution in [1.82, 2.24) is 0 Å². The minimum Gasteiger partial charge on any atom is -0.490 e. The fourth-order valence-electron chi connectivity index (χ4n) is 1.00. The zero-order valence-corrected chi connectivity index (χ0v) is 5.58. The molecule has 50 valence electrons. The maximum atomic E-state index is 5.31. The molecule has 0 unspecified atom stereocenters. The summed E-state index contributed by atoms with van der Waals surface area (Å²) in [7, 11) is 0. The Morgan fingerprint density at radius 3 is 2.70 bits per heavy atom. The molecule has 1 nitrogen and oxygen atoms in total. The normalized spacial score (nSPS) is 14.0. The third kappa shape index (κ3) is 0.903. The van der Waals surface area contributed by atoms with Crippen LogP contribution in [0.3, 0.4) is 0 Å². The van der Waals surface area contributed by atoms with Crippen LogP contribution in [0.2, 0.25) is 0 Å². The molecular weight excluding hydrogens is 124 g/mol. The van der Waals surface area contributed by atoms with Crippen LogP contribution in [0.25, 0.3) is 6.08 Å². The van der Waals surface area contributed by atoms with Gasteiger partial charge in [-0.05, 0) is 23.8 Å². The highest BCUT2D eigenvalue weighted by molar-refractivity contribution is 5.51. The summed E-state index contributed by atoms with van der Waals surface area (Å²) >= 11 is 0. The number of hydrogen-bond acceptors (Lipinski definition) is 1. The molecule has 0 fully saturated rings. The summed E-state index contributed by atoms with van der Waals surface area (Å²) in [6.45, 7) is 0.688. The molecule has 1 heteroatoms. The SMILES string of the molecule is C1=Cc2ccc(cc2)OC1. The smallest absolute Gasteiger partial charge is 0.119 e. The second-order valence-electron chi connectivity index (χ2n) is 2.28. The van der Waals surface area contributed by atoms with Crippen molar-refractivity contribution in [1.29, 1.82) is 0 Å². The number of rotatable bonds is 0. The van der Waals surface area contributed by atoms with Gasteiger partial charge < -0.3 is 4.74 Å². The first-order valence-corrected chi connectivity index (χ1v) is 3.34. The summed E-state index contributed by atoms with van der Waals surface area (Å²) < 4.78 is 5.31. The summed E-state index contributed by atoms with van der Waals surface area (Å²) in [5.74, 6) is 0.952. The molecule has 1 aromatic rings. The molecule has 0 radical (unpaired) electrons. The molecule has 2 heterocycles. The van der Waals surface area contributed by atoms with E-state index in [4.69, 9.17) is 4.74 Å². The van der Waals surface area contributed by atoms with Crippen molar-refractivity contribution in [3.63, 3.8) is 0 Å². The fraction of sp³-hybridized carbons (Fsp3) is 0.111. The van der Waals surface area contributed by atoms with Crippen LogP contribution in [-0.4, -0.2) is 6.61 Å². The molecule has 0 aromatic heterocycles. The summed E-state index contributed by atoms with van der Waals surface area (Å²) in [6, 6.07) is 8.06. The first kappa shape index (κ1) is 5.54. The molecule has 10 heavy (non-hydrogen) atoms. The molecule has 0 N–H and O–H groups in total. The molecule has 0 saturated heterocycles. The molecule has 2 bridgehead atoms. The van der Waals surface area contributed by atoms with Gasteiger partial charge in [0.05, 0.1) is 0 Å². The molecule has 0 spiro atoms. The zero-order chi connectivity index (χ0) is 6.81. The van der Waals surface area contributed by atoms with Gasteiger partial charge in [-0.2, -0.15) is 0 Å². The summed E-state index contributed by atoms with van der Waals surface area (Å²) in [5, 5.41) is 0. The van der Waals surface area contributed by atoms with Crippen LogP contribution in [-0.2, 0) is 0 Å². The van der Waals surface area contributed by atoms with Crippen LogP contribution in [0.15, 0.2) is 30.3 Å². The van der Waals surface area contributed by atoms with Gasteiger partial charge in [0.2, 0.25) is 0 Å². The van der Waals surface area contributed by atoms with E-state index in [-0.39, 0.29) is 0 Å². The van der Waals surface area contributed by atoms with Gasteiger partial charge in [0.1, 0.15) is 12.4 Å². The summed E-state index contributed by atoms with van der Waals surface area (Å²) in [5.41, 5.74) is 1.24. The van der Waals surface area contributed by atoms with Crippen LogP contribution in [0.5, 0.6) is 5.75 Å². The first-order chi connectivity index (χ1) is 4.95. The largest absolute Gasteiger partial charge is 0.490 e. The number of ether oxygens (including phenoxy) is 1. The molecular formula is C9H8O. The Hall–Kier alpha value is -1.24. The highest BCUT2D eigenvalue weighted by atomic mass is 16.5. The van der Waals surface area contributed by atoms with Crippen molar-refractivity contribution in [2.24, 2.45) is 0 Å². The van der Waals surface area contributed by atoms with Crippen molar-refractivity contribution in [2.45, 2.75) is 0 Å². The Kier molecular flexibility index (Phi) is 1.21. The van der Waals surface area contributed by atoms with Gasteiger partial charge in [-0.1, -0.05) is 18.2 Å². The second-order valence-corrected chi connectivity index (χ2v) is 2.28. The van der Waals surface area contributed by atoms with E-state index in [0.29, 0.717) is 6.61 Å². The minimum absolute atomic E-state index is 0.688. The van der Waals surface area contributed by atoms with E-state index in [2.05, 4.69) is 6.08 Å². The molecule has 2 aliphatic rings. The Balaban J connectivity index is 2.53. The average Bonchev–Trinajstić information content (AvgIpc) is 1.89. The van der Waals surface area contributed by atoms with Gasteiger partial charge in [0.25, 0.3) is 0 Å². The molecule has 2 aliphatic heterocycles. The minimum atomic E-state index is 0.688. The van der Waals surface area contributed by atoms with Crippen molar-refractivity contribution in [3.05, 3.63) is 35.9 Å². The number of benzene rings is 1. The topological polar surface area (TPSA) is 9.23 Å². The van der Waals surface area contributed by atoms with Crippen LogP contribution in [0, 0.1) is 0 Å². The lowest BCUT2D eigenvalue weighted by atomic mass is 10.2. The quantitative estimate of drug-likeness (QED) is 0.525. The number of fused-ring (bicyclic) bond motifs is 4. The highest BCUT2D eigenvalue weighted by Gasteiger charge is 1.94. The van der Waals surface area contributed by atoms with Crippen molar-refractivity contribution in [3.8, 4) is 5.75 Å². The Morgan fingerprint density at radius 1 is 1.10 bits per heavy atom. The van der Waals surface area contributed by atoms with E-state index in [9.17, 15) is 0 Å². The van der Waals surface area contributed by atoms with Crippen LogP contribution in [0.1, 0.15) is 5.56 Å². The first-order valence-electron chi connectivity index (χ1n) is 3.34. The Bertz CT molecular complexity index is 246. The summed E-state index contributed by atoms with van der Waals surface area (Å²) in [4.78, 5) is 0. The van der Waals surface area contributed by atoms with Gasteiger partial charge in [-0.15, -0.1) is 0 Å². The Morgan fingerprint density at radius 2 is 1.90 bits per heavy atom. The van der Waals surface area contributed by atoms with Crippen LogP contribution < -0.4 is 4.74 Å². The van der Waals surface area contributed by atoms with E-state index in [1.165, 1.54) is 5.56 Å². The second kappa shape index (κ2) is 2.18. The lowest BCUT2D eigenvalue weighted by molar-refractivity contribution is 0.363. The molecule has 0 atom stereocenters. The molecule has 0 aliphatic carbocycles. The van der Waals surface area contributed by atoms with Gasteiger partial charge in [0, 0.05) is 0 Å². The molecule has 0 saturated carbocycles. The van der Waals surface area contributed by atoms with Crippen molar-refractivity contribution in [2.75, 3.05) is 6.61 Å². The van der Waals surface area contributed by atoms with Gasteiger partial charge in [-0.3, -0.25) is 0 Å². The van der Waals surface area contributed by atoms with E-state index >= 15 is 0 Å². The zero-order valence-electron chi connectivity index (χ0n) is 5.58. The lowest BCUT2D eigenvalue weighted by Crippen LogP contribution is -1.94. The van der Waals surface area contributed by atoms with Gasteiger partial charge >= 0.3 is 0 Å². The van der Waals surface area contributed by atoms with E-state index in [1.54, 1.807) is 0 Å². The van der Waals surface area contributed by atoms with Crippen molar-refractivity contribution < 1.29 is 4.74 Å². The van der Waals surface area contributed by atoms with Crippen LogP contribution in [0.4, 0.5) is 0 Å². The predicted octanol–water partition coefficient (Wildman–Crippen LogP) is 2.09. The van der Waals surface area contributed by atoms with E-state index < -0.39 is 0 Å². The van der Waals surface area contributed by atoms with Gasteiger partial charge in [0.15, 0.2) is 0 Å². The lowest BCUT2D eigenvalue weighted by Gasteiger charge is -2.06. The number of hydrogen-bond donors (Lipinski definition) is 0. The van der Waals surface area contributed by atoms with E-state index in [1.807, 2.05) is 30.3 Å². The fourth-order valence-corrected chi connectivity index (χ4v) is 1.00. The van der Waals surface area contributed by atoms with E-state index in [0.717, 1.165) is 5.75 Å². The van der Waals surface area contributed by atoms with Crippen LogP contribution >= 0.6 is 0 Å². The van der Waals surface area contributed by atoms with Gasteiger partial charge in [-0.25, -0.2) is 0 Å².